The van der Waals surface area contributed by atoms with E-state index in [2.05, 4.69) is 15.2 Å². The molecular weight excluding hydrogens is 417 g/mol. The summed E-state index contributed by atoms with van der Waals surface area (Å²) in [5.41, 5.74) is -0.820. The Morgan fingerprint density at radius 2 is 1.87 bits per heavy atom. The first-order valence-electron chi connectivity index (χ1n) is 10.8. The lowest BCUT2D eigenvalue weighted by molar-refractivity contribution is -0.137. The van der Waals surface area contributed by atoms with Gasteiger partial charge in [0.05, 0.1) is 10.6 Å². The Bertz CT molecular complexity index is 715. The number of amides is 1. The predicted molar refractivity (Wildman–Crippen MR) is 112 cm³/mol. The van der Waals surface area contributed by atoms with E-state index in [0.717, 1.165) is 64.0 Å². The van der Waals surface area contributed by atoms with Gasteiger partial charge in [-0.15, -0.1) is 0 Å². The largest absolute Gasteiger partial charge is 0.417 e. The van der Waals surface area contributed by atoms with Gasteiger partial charge in [-0.2, -0.15) is 13.2 Å². The molecule has 2 fully saturated rings. The molecule has 1 aromatic heterocycles. The molecule has 0 bridgehead atoms. The number of aromatic nitrogens is 1. The van der Waals surface area contributed by atoms with Gasteiger partial charge in [-0.05, 0) is 50.6 Å². The van der Waals surface area contributed by atoms with Crippen molar-refractivity contribution in [2.75, 3.05) is 37.6 Å². The summed E-state index contributed by atoms with van der Waals surface area (Å²) in [6.07, 6.45) is 2.53. The molecule has 1 saturated carbocycles. The summed E-state index contributed by atoms with van der Waals surface area (Å²) in [6.45, 7) is 6.00. The van der Waals surface area contributed by atoms with Gasteiger partial charge < -0.3 is 10.2 Å². The average Bonchev–Trinajstić information content (AvgIpc) is 2.73. The van der Waals surface area contributed by atoms with Gasteiger partial charge in [0.1, 0.15) is 5.82 Å². The van der Waals surface area contributed by atoms with Crippen LogP contribution in [0.5, 0.6) is 0 Å². The van der Waals surface area contributed by atoms with Crippen molar-refractivity contribution in [1.82, 2.24) is 15.2 Å². The van der Waals surface area contributed by atoms with E-state index in [1.807, 2.05) is 11.8 Å². The van der Waals surface area contributed by atoms with Gasteiger partial charge in [0.25, 0.3) is 0 Å². The van der Waals surface area contributed by atoms with Crippen LogP contribution in [-0.2, 0) is 11.0 Å². The van der Waals surface area contributed by atoms with Crippen molar-refractivity contribution in [2.45, 2.75) is 57.7 Å². The number of nitrogens with one attached hydrogen (secondary N) is 1. The molecule has 1 amide bonds. The molecule has 30 heavy (non-hydrogen) atoms. The van der Waals surface area contributed by atoms with Crippen molar-refractivity contribution in [3.05, 3.63) is 22.8 Å². The second-order valence-electron chi connectivity index (χ2n) is 8.28. The molecule has 1 aliphatic heterocycles. The lowest BCUT2D eigenvalue weighted by Crippen LogP contribution is -2.47. The lowest BCUT2D eigenvalue weighted by Gasteiger charge is -2.37. The molecule has 9 heteroatoms. The fraction of sp³-hybridized carbons (Fsp3) is 0.714. The minimum atomic E-state index is -4.44. The van der Waals surface area contributed by atoms with Crippen LogP contribution in [0.1, 0.15) is 51.0 Å². The van der Waals surface area contributed by atoms with Gasteiger partial charge in [-0.25, -0.2) is 4.98 Å². The van der Waals surface area contributed by atoms with Gasteiger partial charge in [0.15, 0.2) is 0 Å². The molecular formula is C21H30ClF3N4O. The van der Waals surface area contributed by atoms with Gasteiger partial charge >= 0.3 is 6.18 Å². The highest BCUT2D eigenvalue weighted by Gasteiger charge is 2.32. The van der Waals surface area contributed by atoms with Crippen LogP contribution in [-0.4, -0.2) is 54.6 Å². The first-order chi connectivity index (χ1) is 14.3. The summed E-state index contributed by atoms with van der Waals surface area (Å²) in [6, 6.07) is 1.29. The molecule has 1 saturated heterocycles. The van der Waals surface area contributed by atoms with Crippen LogP contribution in [0.4, 0.5) is 19.0 Å². The van der Waals surface area contributed by atoms with Crippen LogP contribution in [0, 0.1) is 5.92 Å². The van der Waals surface area contributed by atoms with Crippen molar-refractivity contribution in [3.8, 4) is 0 Å². The molecule has 0 radical (unpaired) electrons. The zero-order valence-corrected chi connectivity index (χ0v) is 18.1. The topological polar surface area (TPSA) is 48.5 Å². The number of alkyl halides is 3. The van der Waals surface area contributed by atoms with Gasteiger partial charge in [0.2, 0.25) is 5.91 Å². The van der Waals surface area contributed by atoms with Crippen LogP contribution in [0.25, 0.3) is 0 Å². The van der Waals surface area contributed by atoms with E-state index < -0.39 is 11.7 Å². The Kier molecular flexibility index (Phi) is 7.85. The van der Waals surface area contributed by atoms with Crippen LogP contribution in [0.3, 0.4) is 0 Å². The molecule has 0 spiro atoms. The third-order valence-electron chi connectivity index (χ3n) is 6.21. The maximum atomic E-state index is 12.8. The monoisotopic (exact) mass is 446 g/mol. The summed E-state index contributed by atoms with van der Waals surface area (Å²) in [7, 11) is 0. The standard InChI is InChI=1S/C21H30ClF3N4O/c1-2-19(30)27-17-5-3-15(4-6-17)7-8-28-9-11-29(12-10-28)20-18(22)13-16(14-26-20)21(23,24)25/h13-15,17H,2-12H2,1H3,(H,27,30). The first-order valence-corrected chi connectivity index (χ1v) is 11.1. The zero-order valence-electron chi connectivity index (χ0n) is 17.3. The second-order valence-corrected chi connectivity index (χ2v) is 8.69. The van der Waals surface area contributed by atoms with Crippen LogP contribution < -0.4 is 10.2 Å². The highest BCUT2D eigenvalue weighted by molar-refractivity contribution is 6.33. The molecule has 5 nitrogen and oxygen atoms in total. The maximum absolute atomic E-state index is 12.8. The number of halogens is 4. The van der Waals surface area contributed by atoms with Crippen molar-refractivity contribution in [2.24, 2.45) is 5.92 Å². The Labute approximate surface area is 181 Å². The fourth-order valence-electron chi connectivity index (χ4n) is 4.29. The number of nitrogens with zero attached hydrogens (tertiary/aromatic N) is 3. The third kappa shape index (κ3) is 6.23. The van der Waals surface area contributed by atoms with E-state index in [1.165, 1.54) is 0 Å². The second kappa shape index (κ2) is 10.2. The number of piperazine rings is 1. The zero-order chi connectivity index (χ0) is 21.7. The number of anilines is 1. The van der Waals surface area contributed by atoms with Crippen LogP contribution in [0.15, 0.2) is 12.3 Å². The van der Waals surface area contributed by atoms with Gasteiger partial charge in [-0.3, -0.25) is 9.69 Å². The summed E-state index contributed by atoms with van der Waals surface area (Å²) in [5, 5.41) is 3.14. The van der Waals surface area contributed by atoms with Gasteiger partial charge in [-0.1, -0.05) is 18.5 Å². The predicted octanol–water partition coefficient (Wildman–Crippen LogP) is 4.35. The number of carbonyl (C=O) groups is 1. The van der Waals surface area contributed by atoms with E-state index in [9.17, 15) is 18.0 Å². The molecule has 1 aromatic rings. The molecule has 1 N–H and O–H groups in total. The van der Waals surface area contributed by atoms with E-state index in [-0.39, 0.29) is 10.9 Å². The number of rotatable bonds is 6. The molecule has 2 heterocycles. The summed E-state index contributed by atoms with van der Waals surface area (Å²) >= 11 is 6.08. The fourth-order valence-corrected chi connectivity index (χ4v) is 4.58. The van der Waals surface area contributed by atoms with E-state index in [4.69, 9.17) is 11.6 Å². The molecule has 3 rings (SSSR count). The molecule has 0 unspecified atom stereocenters. The Morgan fingerprint density at radius 1 is 1.20 bits per heavy atom. The molecule has 168 valence electrons. The highest BCUT2D eigenvalue weighted by Crippen LogP contribution is 2.34. The van der Waals surface area contributed by atoms with Crippen LogP contribution >= 0.6 is 11.6 Å². The van der Waals surface area contributed by atoms with Crippen molar-refractivity contribution in [1.29, 1.82) is 0 Å². The normalized spacial score (nSPS) is 23.4. The van der Waals surface area contributed by atoms with Crippen molar-refractivity contribution in [3.63, 3.8) is 0 Å². The summed E-state index contributed by atoms with van der Waals surface area (Å²) in [4.78, 5) is 19.9. The van der Waals surface area contributed by atoms with Crippen molar-refractivity contribution >= 4 is 23.3 Å². The smallest absolute Gasteiger partial charge is 0.353 e. The van der Waals surface area contributed by atoms with E-state index in [0.29, 0.717) is 37.3 Å². The number of hydrogen-bond donors (Lipinski definition) is 1. The summed E-state index contributed by atoms with van der Waals surface area (Å²) < 4.78 is 38.4. The molecule has 2 aliphatic rings. The first kappa shape index (κ1) is 23.1. The molecule has 1 aliphatic carbocycles. The quantitative estimate of drug-likeness (QED) is 0.705. The third-order valence-corrected chi connectivity index (χ3v) is 6.49. The number of carbonyl (C=O) groups excluding carboxylic acids is 1. The molecule has 0 aromatic carbocycles. The average molecular weight is 447 g/mol. The number of hydrogen-bond acceptors (Lipinski definition) is 4. The van der Waals surface area contributed by atoms with Crippen molar-refractivity contribution < 1.29 is 18.0 Å². The Balaban J connectivity index is 1.40. The Hall–Kier alpha value is -1.54. The molecule has 0 atom stereocenters. The maximum Gasteiger partial charge on any atom is 0.417 e. The number of pyridine rings is 1. The minimum absolute atomic E-state index is 0.0465. The summed E-state index contributed by atoms with van der Waals surface area (Å²) in [5.74, 6) is 1.26. The SMILES string of the molecule is CCC(=O)NC1CCC(CCN2CCN(c3ncc(C(F)(F)F)cc3Cl)CC2)CC1. The minimum Gasteiger partial charge on any atom is -0.353 e. The lowest BCUT2D eigenvalue weighted by atomic mass is 9.84. The van der Waals surface area contributed by atoms with E-state index >= 15 is 0 Å². The van der Waals surface area contributed by atoms with Crippen LogP contribution in [0.2, 0.25) is 5.02 Å². The highest BCUT2D eigenvalue weighted by atomic mass is 35.5. The van der Waals surface area contributed by atoms with Gasteiger partial charge in [0, 0.05) is 44.8 Å². The Morgan fingerprint density at radius 3 is 2.43 bits per heavy atom. The van der Waals surface area contributed by atoms with E-state index in [1.54, 1.807) is 0 Å².